The molecule has 1 aliphatic heterocycles. The highest BCUT2D eigenvalue weighted by molar-refractivity contribution is 7.22. The predicted octanol–water partition coefficient (Wildman–Crippen LogP) is 3.68. The van der Waals surface area contributed by atoms with Crippen molar-refractivity contribution in [3.8, 4) is 5.75 Å². The fourth-order valence-corrected chi connectivity index (χ4v) is 4.37. The Bertz CT molecular complexity index is 862. The number of piperazine rings is 1. The van der Waals surface area contributed by atoms with Gasteiger partial charge in [0.1, 0.15) is 11.3 Å². The van der Waals surface area contributed by atoms with Crippen molar-refractivity contribution in [2.24, 2.45) is 0 Å². The van der Waals surface area contributed by atoms with Crippen LogP contribution >= 0.6 is 22.9 Å². The zero-order valence-electron chi connectivity index (χ0n) is 14.0. The monoisotopic (exact) mass is 374 g/mol. The first kappa shape index (κ1) is 16.6. The highest BCUT2D eigenvalue weighted by Gasteiger charge is 2.21. The third-order valence-electron chi connectivity index (χ3n) is 4.42. The molecule has 7 heteroatoms. The van der Waals surface area contributed by atoms with Crippen molar-refractivity contribution in [3.05, 3.63) is 47.2 Å². The van der Waals surface area contributed by atoms with Gasteiger partial charge in [-0.25, -0.2) is 4.98 Å². The number of aromatic nitrogens is 2. The summed E-state index contributed by atoms with van der Waals surface area (Å²) in [5, 5.41) is 1.74. The first-order chi connectivity index (χ1) is 12.2. The first-order valence-electron chi connectivity index (χ1n) is 8.25. The summed E-state index contributed by atoms with van der Waals surface area (Å²) >= 11 is 7.97. The summed E-state index contributed by atoms with van der Waals surface area (Å²) in [6, 6.07) is 9.81. The van der Waals surface area contributed by atoms with Crippen LogP contribution in [0, 0.1) is 0 Å². The molecule has 4 rings (SSSR count). The second-order valence-electron chi connectivity index (χ2n) is 6.01. The fourth-order valence-electron chi connectivity index (χ4n) is 3.06. The van der Waals surface area contributed by atoms with Crippen LogP contribution in [0.1, 0.15) is 5.69 Å². The molecule has 3 aromatic rings. The molecule has 0 atom stereocenters. The molecule has 0 bridgehead atoms. The van der Waals surface area contributed by atoms with Crippen LogP contribution < -0.4 is 9.64 Å². The molecule has 1 fully saturated rings. The van der Waals surface area contributed by atoms with Crippen molar-refractivity contribution in [1.29, 1.82) is 0 Å². The second kappa shape index (κ2) is 7.15. The van der Waals surface area contributed by atoms with Crippen molar-refractivity contribution < 1.29 is 4.74 Å². The normalized spacial score (nSPS) is 15.7. The molecule has 25 heavy (non-hydrogen) atoms. The first-order valence-corrected chi connectivity index (χ1v) is 9.44. The van der Waals surface area contributed by atoms with Gasteiger partial charge in [-0.3, -0.25) is 9.88 Å². The molecule has 0 spiro atoms. The lowest BCUT2D eigenvalue weighted by Crippen LogP contribution is -2.46. The van der Waals surface area contributed by atoms with Crippen LogP contribution in [0.5, 0.6) is 5.75 Å². The van der Waals surface area contributed by atoms with Gasteiger partial charge in [0.05, 0.1) is 22.5 Å². The third kappa shape index (κ3) is 3.42. The van der Waals surface area contributed by atoms with Crippen LogP contribution in [0.2, 0.25) is 5.02 Å². The van der Waals surface area contributed by atoms with Crippen LogP contribution in [0.3, 0.4) is 0 Å². The van der Waals surface area contributed by atoms with Crippen LogP contribution in [0.25, 0.3) is 10.2 Å². The minimum absolute atomic E-state index is 0.730. The summed E-state index contributed by atoms with van der Waals surface area (Å²) in [7, 11) is 1.66. The number of methoxy groups -OCH3 is 1. The van der Waals surface area contributed by atoms with Gasteiger partial charge >= 0.3 is 0 Å². The van der Waals surface area contributed by atoms with Crippen molar-refractivity contribution in [2.45, 2.75) is 6.54 Å². The molecular formula is C18H19ClN4OS. The number of ether oxygens (including phenoxy) is 1. The van der Waals surface area contributed by atoms with Crippen LogP contribution in [0.15, 0.2) is 36.5 Å². The van der Waals surface area contributed by atoms with Gasteiger partial charge in [0.2, 0.25) is 0 Å². The van der Waals surface area contributed by atoms with Crippen LogP contribution in [-0.2, 0) is 6.54 Å². The topological polar surface area (TPSA) is 41.5 Å². The van der Waals surface area contributed by atoms with Gasteiger partial charge in [0.25, 0.3) is 0 Å². The van der Waals surface area contributed by atoms with E-state index in [4.69, 9.17) is 21.3 Å². The van der Waals surface area contributed by atoms with E-state index in [0.29, 0.717) is 0 Å². The van der Waals surface area contributed by atoms with Crippen molar-refractivity contribution in [2.75, 3.05) is 38.2 Å². The van der Waals surface area contributed by atoms with E-state index in [2.05, 4.69) is 20.9 Å². The number of hydrogen-bond acceptors (Lipinski definition) is 6. The molecule has 1 aromatic carbocycles. The van der Waals surface area contributed by atoms with Gasteiger partial charge in [0, 0.05) is 38.9 Å². The van der Waals surface area contributed by atoms with Gasteiger partial charge in [0.15, 0.2) is 5.13 Å². The number of halogens is 1. The van der Waals surface area contributed by atoms with E-state index in [1.165, 1.54) is 0 Å². The molecule has 0 saturated carbocycles. The Balaban J connectivity index is 1.47. The van der Waals surface area contributed by atoms with Gasteiger partial charge < -0.3 is 9.64 Å². The van der Waals surface area contributed by atoms with Gasteiger partial charge in [-0.15, -0.1) is 0 Å². The number of pyridine rings is 1. The van der Waals surface area contributed by atoms with Gasteiger partial charge in [-0.1, -0.05) is 29.0 Å². The van der Waals surface area contributed by atoms with E-state index in [1.54, 1.807) is 18.4 Å². The van der Waals surface area contributed by atoms with E-state index < -0.39 is 0 Å². The molecule has 0 unspecified atom stereocenters. The average Bonchev–Trinajstić information content (AvgIpc) is 3.10. The smallest absolute Gasteiger partial charge is 0.186 e. The van der Waals surface area contributed by atoms with E-state index in [9.17, 15) is 0 Å². The van der Waals surface area contributed by atoms with Gasteiger partial charge in [-0.2, -0.15) is 0 Å². The maximum absolute atomic E-state index is 6.33. The Hall–Kier alpha value is -1.89. The zero-order valence-corrected chi connectivity index (χ0v) is 15.6. The van der Waals surface area contributed by atoms with Crippen LogP contribution in [0.4, 0.5) is 5.13 Å². The number of anilines is 1. The largest absolute Gasteiger partial charge is 0.494 e. The number of hydrogen-bond donors (Lipinski definition) is 0. The Labute approximate surface area is 155 Å². The van der Waals surface area contributed by atoms with Crippen molar-refractivity contribution in [1.82, 2.24) is 14.9 Å². The quantitative estimate of drug-likeness (QED) is 0.696. The van der Waals surface area contributed by atoms with E-state index >= 15 is 0 Å². The summed E-state index contributed by atoms with van der Waals surface area (Å²) in [6.07, 6.45) is 1.85. The lowest BCUT2D eigenvalue weighted by molar-refractivity contribution is 0.247. The maximum Gasteiger partial charge on any atom is 0.186 e. The number of fused-ring (bicyclic) bond motifs is 1. The highest BCUT2D eigenvalue weighted by Crippen LogP contribution is 2.38. The molecule has 130 valence electrons. The van der Waals surface area contributed by atoms with E-state index in [1.807, 2.05) is 30.5 Å². The number of rotatable bonds is 4. The standard InChI is InChI=1S/C18H19ClN4OS/c1-24-15-6-5-14(19)17-16(15)21-18(25-17)23-10-8-22(9-11-23)12-13-4-2-3-7-20-13/h2-7H,8-12H2,1H3. The molecular weight excluding hydrogens is 356 g/mol. The van der Waals surface area contributed by atoms with Crippen molar-refractivity contribution >= 4 is 38.3 Å². The molecule has 0 amide bonds. The number of thiazole rings is 1. The second-order valence-corrected chi connectivity index (χ2v) is 7.39. The summed E-state index contributed by atoms with van der Waals surface area (Å²) in [5.74, 6) is 0.774. The Morgan fingerprint density at radius 2 is 2.00 bits per heavy atom. The zero-order chi connectivity index (χ0) is 17.2. The lowest BCUT2D eigenvalue weighted by atomic mass is 10.3. The molecule has 2 aromatic heterocycles. The highest BCUT2D eigenvalue weighted by atomic mass is 35.5. The summed E-state index contributed by atoms with van der Waals surface area (Å²) in [5.41, 5.74) is 1.97. The predicted molar refractivity (Wildman–Crippen MR) is 103 cm³/mol. The van der Waals surface area contributed by atoms with Crippen LogP contribution in [-0.4, -0.2) is 48.2 Å². The molecule has 1 aliphatic rings. The van der Waals surface area contributed by atoms with Gasteiger partial charge in [-0.05, 0) is 24.3 Å². The average molecular weight is 375 g/mol. The minimum Gasteiger partial charge on any atom is -0.494 e. The lowest BCUT2D eigenvalue weighted by Gasteiger charge is -2.34. The summed E-state index contributed by atoms with van der Waals surface area (Å²) in [4.78, 5) is 14.0. The Kier molecular flexibility index (Phi) is 4.74. The molecule has 0 N–H and O–H groups in total. The summed E-state index contributed by atoms with van der Waals surface area (Å²) in [6.45, 7) is 4.79. The van der Waals surface area contributed by atoms with E-state index in [-0.39, 0.29) is 0 Å². The maximum atomic E-state index is 6.33. The Morgan fingerprint density at radius 3 is 2.72 bits per heavy atom. The minimum atomic E-state index is 0.730. The summed E-state index contributed by atoms with van der Waals surface area (Å²) < 4.78 is 6.41. The third-order valence-corrected chi connectivity index (χ3v) is 6.00. The SMILES string of the molecule is COc1ccc(Cl)c2sc(N3CCN(Cc4ccccn4)CC3)nc12. The molecule has 0 aliphatic carbocycles. The molecule has 3 heterocycles. The molecule has 5 nitrogen and oxygen atoms in total. The number of nitrogens with zero attached hydrogens (tertiary/aromatic N) is 4. The van der Waals surface area contributed by atoms with E-state index in [0.717, 1.165) is 64.5 Å². The number of benzene rings is 1. The fraction of sp³-hybridized carbons (Fsp3) is 0.333. The molecule has 1 saturated heterocycles. The van der Waals surface area contributed by atoms with Crippen molar-refractivity contribution in [3.63, 3.8) is 0 Å². The molecule has 0 radical (unpaired) electrons. The Morgan fingerprint density at radius 1 is 1.16 bits per heavy atom.